The van der Waals surface area contributed by atoms with Crippen molar-refractivity contribution in [3.63, 3.8) is 0 Å². The summed E-state index contributed by atoms with van der Waals surface area (Å²) in [5, 5.41) is 31.3. The van der Waals surface area contributed by atoms with Gasteiger partial charge in [0.2, 0.25) is 0 Å². The summed E-state index contributed by atoms with van der Waals surface area (Å²) >= 11 is 6.67. The van der Waals surface area contributed by atoms with Crippen LogP contribution >= 0.6 is 11.6 Å². The van der Waals surface area contributed by atoms with Gasteiger partial charge in [-0.15, -0.1) is 0 Å². The van der Waals surface area contributed by atoms with Crippen molar-refractivity contribution < 1.29 is 34.0 Å². The van der Waals surface area contributed by atoms with E-state index in [-0.39, 0.29) is 26.3 Å². The number of hydrogen-bond donors (Lipinski definition) is 3. The van der Waals surface area contributed by atoms with Crippen LogP contribution in [0, 0.1) is 24.2 Å². The predicted octanol–water partition coefficient (Wildman–Crippen LogP) is 5.90. The van der Waals surface area contributed by atoms with E-state index in [1.807, 2.05) is 43.3 Å². The SMILES string of the molecule is Cc1c(COc2cc(OCc3cccc(C#N)c3)c(CNCC(CO)C(=O)O)cc2Cl)cccc1-c1ccc2c(c1)OCCO2. The minimum absolute atomic E-state index is 0.0599. The molecule has 1 aliphatic rings. The molecule has 4 aromatic carbocycles. The Morgan fingerprint density at radius 2 is 1.76 bits per heavy atom. The zero-order valence-corrected chi connectivity index (χ0v) is 25.5. The molecule has 232 valence electrons. The van der Waals surface area contributed by atoms with E-state index in [1.54, 1.807) is 30.3 Å². The van der Waals surface area contributed by atoms with Crippen molar-refractivity contribution in [2.75, 3.05) is 26.4 Å². The van der Waals surface area contributed by atoms with Gasteiger partial charge in [-0.3, -0.25) is 4.79 Å². The number of rotatable bonds is 13. The first-order valence-electron chi connectivity index (χ1n) is 14.5. The van der Waals surface area contributed by atoms with E-state index in [9.17, 15) is 20.3 Å². The second-order valence-corrected chi connectivity index (χ2v) is 11.0. The van der Waals surface area contributed by atoms with Gasteiger partial charge in [-0.05, 0) is 65.1 Å². The van der Waals surface area contributed by atoms with Gasteiger partial charge >= 0.3 is 5.97 Å². The number of nitrogens with one attached hydrogen (secondary N) is 1. The van der Waals surface area contributed by atoms with Crippen LogP contribution in [0.1, 0.15) is 27.8 Å². The molecule has 10 heteroatoms. The number of aliphatic hydroxyl groups is 1. The van der Waals surface area contributed by atoms with Crippen LogP contribution < -0.4 is 24.3 Å². The van der Waals surface area contributed by atoms with Crippen molar-refractivity contribution >= 4 is 17.6 Å². The first-order valence-corrected chi connectivity index (χ1v) is 14.8. The monoisotopic (exact) mass is 628 g/mol. The number of carboxylic acids is 1. The van der Waals surface area contributed by atoms with Crippen LogP contribution in [0.15, 0.2) is 72.8 Å². The minimum Gasteiger partial charge on any atom is -0.488 e. The quantitative estimate of drug-likeness (QED) is 0.166. The Bertz CT molecular complexity index is 1720. The van der Waals surface area contributed by atoms with Crippen LogP contribution in [0.4, 0.5) is 0 Å². The molecule has 1 unspecified atom stereocenters. The van der Waals surface area contributed by atoms with E-state index in [2.05, 4.69) is 17.5 Å². The number of nitrogens with zero attached hydrogens (tertiary/aromatic N) is 1. The highest BCUT2D eigenvalue weighted by molar-refractivity contribution is 6.32. The molecule has 5 rings (SSSR count). The second-order valence-electron chi connectivity index (χ2n) is 10.6. The largest absolute Gasteiger partial charge is 0.488 e. The summed E-state index contributed by atoms with van der Waals surface area (Å²) in [6.07, 6.45) is 0. The van der Waals surface area contributed by atoms with Gasteiger partial charge in [0.25, 0.3) is 0 Å². The van der Waals surface area contributed by atoms with Crippen molar-refractivity contribution in [1.82, 2.24) is 5.32 Å². The molecule has 1 atom stereocenters. The lowest BCUT2D eigenvalue weighted by Crippen LogP contribution is -2.30. The summed E-state index contributed by atoms with van der Waals surface area (Å²) in [4.78, 5) is 11.3. The fourth-order valence-electron chi connectivity index (χ4n) is 4.98. The average Bonchev–Trinajstić information content (AvgIpc) is 3.06. The summed E-state index contributed by atoms with van der Waals surface area (Å²) in [7, 11) is 0. The van der Waals surface area contributed by atoms with Crippen LogP contribution in [0.5, 0.6) is 23.0 Å². The molecule has 0 spiro atoms. The number of aliphatic carboxylic acids is 1. The molecule has 3 N–H and O–H groups in total. The highest BCUT2D eigenvalue weighted by Gasteiger charge is 2.18. The van der Waals surface area contributed by atoms with Crippen LogP contribution in [0.3, 0.4) is 0 Å². The molecule has 9 nitrogen and oxygen atoms in total. The normalized spacial score (nSPS) is 12.7. The van der Waals surface area contributed by atoms with Crippen molar-refractivity contribution in [2.45, 2.75) is 26.7 Å². The molecule has 0 bridgehead atoms. The molecule has 0 radical (unpaired) electrons. The predicted molar refractivity (Wildman–Crippen MR) is 169 cm³/mol. The zero-order chi connectivity index (χ0) is 31.8. The zero-order valence-electron chi connectivity index (χ0n) is 24.7. The third-order valence-corrected chi connectivity index (χ3v) is 7.82. The van der Waals surface area contributed by atoms with Gasteiger partial charge in [-0.25, -0.2) is 0 Å². The van der Waals surface area contributed by atoms with Crippen molar-refractivity contribution in [1.29, 1.82) is 5.26 Å². The first kappa shape index (κ1) is 31.7. The molecular formula is C35H33ClN2O7. The fourth-order valence-corrected chi connectivity index (χ4v) is 5.22. The number of hydrogen-bond acceptors (Lipinski definition) is 8. The molecule has 1 aliphatic heterocycles. The third kappa shape index (κ3) is 7.86. The third-order valence-electron chi connectivity index (χ3n) is 7.52. The Balaban J connectivity index is 1.35. The Morgan fingerprint density at radius 3 is 2.53 bits per heavy atom. The Morgan fingerprint density at radius 1 is 0.978 bits per heavy atom. The molecular weight excluding hydrogens is 596 g/mol. The summed E-state index contributed by atoms with van der Waals surface area (Å²) in [5.74, 6) is 0.339. The Hall–Kier alpha value is -4.75. The Kier molecular flexibility index (Phi) is 10.4. The van der Waals surface area contributed by atoms with E-state index in [0.29, 0.717) is 40.9 Å². The van der Waals surface area contributed by atoms with Crippen molar-refractivity contribution in [3.05, 3.63) is 106 Å². The van der Waals surface area contributed by atoms with Gasteiger partial charge in [-0.2, -0.15) is 5.26 Å². The first-order chi connectivity index (χ1) is 21.9. The van der Waals surface area contributed by atoms with Gasteiger partial charge in [-0.1, -0.05) is 48.0 Å². The van der Waals surface area contributed by atoms with Crippen molar-refractivity contribution in [3.8, 4) is 40.2 Å². The van der Waals surface area contributed by atoms with Gasteiger partial charge in [0, 0.05) is 24.7 Å². The van der Waals surface area contributed by atoms with Gasteiger partial charge in [0.1, 0.15) is 37.9 Å². The molecule has 45 heavy (non-hydrogen) atoms. The number of halogens is 1. The maximum atomic E-state index is 11.3. The second kappa shape index (κ2) is 14.8. The maximum Gasteiger partial charge on any atom is 0.310 e. The summed E-state index contributed by atoms with van der Waals surface area (Å²) in [6, 6.07) is 24.6. The highest BCUT2D eigenvalue weighted by Crippen LogP contribution is 2.37. The number of ether oxygens (including phenoxy) is 4. The number of carbonyl (C=O) groups is 1. The van der Waals surface area contributed by atoms with Crippen LogP contribution in [0.2, 0.25) is 5.02 Å². The standard InChI is InChI=1S/C35H33ClN2O7/c1-22-26(6-3-7-29(22)25-8-9-31-34(14-25)43-11-10-42-31)21-45-33-15-32(44-20-24-5-2-4-23(12-24)16-37)27(13-30(33)36)17-38-18-28(19-39)35(40)41/h2-9,12-15,28,38-39H,10-11,17-21H2,1H3,(H,40,41). The molecule has 0 fully saturated rings. The topological polar surface area (TPSA) is 130 Å². The smallest absolute Gasteiger partial charge is 0.310 e. The Labute approximate surface area is 266 Å². The van der Waals surface area contributed by atoms with Crippen LogP contribution in [-0.2, 0) is 24.6 Å². The lowest BCUT2D eigenvalue weighted by Gasteiger charge is -2.20. The lowest BCUT2D eigenvalue weighted by molar-refractivity contribution is -0.142. The van der Waals surface area contributed by atoms with E-state index in [4.69, 9.17) is 30.5 Å². The lowest BCUT2D eigenvalue weighted by atomic mass is 9.96. The summed E-state index contributed by atoms with van der Waals surface area (Å²) in [6.45, 7) is 3.36. The molecule has 1 heterocycles. The summed E-state index contributed by atoms with van der Waals surface area (Å²) < 4.78 is 23.8. The molecule has 4 aromatic rings. The summed E-state index contributed by atoms with van der Waals surface area (Å²) in [5.41, 5.74) is 6.10. The number of nitriles is 1. The number of benzene rings is 4. The number of fused-ring (bicyclic) bond motifs is 1. The van der Waals surface area contributed by atoms with Gasteiger partial charge in [0.15, 0.2) is 11.5 Å². The van der Waals surface area contributed by atoms with Gasteiger partial charge < -0.3 is 34.5 Å². The van der Waals surface area contributed by atoms with Crippen LogP contribution in [-0.4, -0.2) is 42.5 Å². The number of carboxylic acid groups (broad SMARTS) is 1. The molecule has 0 aromatic heterocycles. The number of aliphatic hydroxyl groups excluding tert-OH is 1. The van der Waals surface area contributed by atoms with E-state index in [0.717, 1.165) is 39.3 Å². The molecule has 0 saturated heterocycles. The fraction of sp³-hybridized carbons (Fsp3) is 0.257. The maximum absolute atomic E-state index is 11.3. The van der Waals surface area contributed by atoms with Crippen molar-refractivity contribution in [2.24, 2.45) is 5.92 Å². The van der Waals surface area contributed by atoms with Crippen LogP contribution in [0.25, 0.3) is 11.1 Å². The molecule has 0 saturated carbocycles. The molecule has 0 aliphatic carbocycles. The minimum atomic E-state index is -1.09. The van der Waals surface area contributed by atoms with E-state index in [1.165, 1.54) is 0 Å². The average molecular weight is 629 g/mol. The van der Waals surface area contributed by atoms with E-state index < -0.39 is 18.5 Å². The van der Waals surface area contributed by atoms with Gasteiger partial charge in [0.05, 0.1) is 29.2 Å². The van der Waals surface area contributed by atoms with E-state index >= 15 is 0 Å². The molecule has 0 amide bonds. The highest BCUT2D eigenvalue weighted by atomic mass is 35.5.